The van der Waals surface area contributed by atoms with E-state index in [2.05, 4.69) is 22.9 Å². The Balaban J connectivity index is 2.04. The molecule has 0 saturated carbocycles. The van der Waals surface area contributed by atoms with Crippen molar-refractivity contribution in [2.45, 2.75) is 25.8 Å². The molecule has 1 atom stereocenters. The number of rotatable bonds is 5. The van der Waals surface area contributed by atoms with Crippen molar-refractivity contribution >= 4 is 15.9 Å². The van der Waals surface area contributed by atoms with Crippen LogP contribution in [0.1, 0.15) is 18.9 Å². The van der Waals surface area contributed by atoms with Crippen LogP contribution in [-0.4, -0.2) is 6.04 Å². The first-order chi connectivity index (χ1) is 9.58. The molecule has 20 heavy (non-hydrogen) atoms. The molecule has 0 aliphatic carbocycles. The van der Waals surface area contributed by atoms with Gasteiger partial charge in [0.1, 0.15) is 17.3 Å². The van der Waals surface area contributed by atoms with Crippen LogP contribution < -0.4 is 10.5 Å². The molecular formula is C16H17BrFNO. The monoisotopic (exact) mass is 337 g/mol. The highest BCUT2D eigenvalue weighted by Crippen LogP contribution is 2.26. The highest BCUT2D eigenvalue weighted by molar-refractivity contribution is 9.10. The molecule has 4 heteroatoms. The molecule has 0 amide bonds. The van der Waals surface area contributed by atoms with Gasteiger partial charge in [-0.15, -0.1) is 0 Å². The minimum absolute atomic E-state index is 0.183. The van der Waals surface area contributed by atoms with Gasteiger partial charge in [-0.3, -0.25) is 0 Å². The Labute approximate surface area is 126 Å². The fourth-order valence-electron chi connectivity index (χ4n) is 1.82. The Hall–Kier alpha value is -1.39. The van der Waals surface area contributed by atoms with Gasteiger partial charge in [0.15, 0.2) is 0 Å². The molecule has 0 spiro atoms. The summed E-state index contributed by atoms with van der Waals surface area (Å²) >= 11 is 3.11. The average Bonchev–Trinajstić information content (AvgIpc) is 2.45. The summed E-state index contributed by atoms with van der Waals surface area (Å²) in [7, 11) is 0. The zero-order valence-electron chi connectivity index (χ0n) is 11.3. The fraction of sp³-hybridized carbons (Fsp3) is 0.250. The highest BCUT2D eigenvalue weighted by atomic mass is 79.9. The molecule has 0 aromatic heterocycles. The molecule has 2 aromatic carbocycles. The molecule has 0 aliphatic heterocycles. The van der Waals surface area contributed by atoms with Crippen LogP contribution in [0.3, 0.4) is 0 Å². The first-order valence-electron chi connectivity index (χ1n) is 6.56. The van der Waals surface area contributed by atoms with Crippen molar-refractivity contribution in [3.05, 3.63) is 58.3 Å². The summed E-state index contributed by atoms with van der Waals surface area (Å²) in [5.74, 6) is 0.817. The van der Waals surface area contributed by atoms with E-state index < -0.39 is 0 Å². The second kappa shape index (κ2) is 6.86. The molecule has 2 rings (SSSR count). The Morgan fingerprint density at radius 2 is 1.80 bits per heavy atom. The lowest BCUT2D eigenvalue weighted by Crippen LogP contribution is -2.21. The second-order valence-corrected chi connectivity index (χ2v) is 5.55. The first-order valence-corrected chi connectivity index (χ1v) is 7.35. The minimum Gasteiger partial charge on any atom is -0.457 e. The van der Waals surface area contributed by atoms with Crippen LogP contribution in [0, 0.1) is 5.82 Å². The first kappa shape index (κ1) is 15.0. The van der Waals surface area contributed by atoms with Gasteiger partial charge < -0.3 is 10.5 Å². The number of benzene rings is 2. The molecule has 0 aliphatic rings. The van der Waals surface area contributed by atoms with Gasteiger partial charge in [0.05, 0.1) is 4.47 Å². The van der Waals surface area contributed by atoms with E-state index in [1.807, 2.05) is 24.3 Å². The van der Waals surface area contributed by atoms with Crippen molar-refractivity contribution in [1.29, 1.82) is 0 Å². The van der Waals surface area contributed by atoms with E-state index in [1.54, 1.807) is 12.1 Å². The van der Waals surface area contributed by atoms with Crippen molar-refractivity contribution in [2.24, 2.45) is 5.73 Å². The summed E-state index contributed by atoms with van der Waals surface area (Å²) in [6, 6.07) is 12.6. The van der Waals surface area contributed by atoms with E-state index in [9.17, 15) is 4.39 Å². The van der Waals surface area contributed by atoms with Crippen molar-refractivity contribution in [1.82, 2.24) is 0 Å². The van der Waals surface area contributed by atoms with Crippen LogP contribution in [0.2, 0.25) is 0 Å². The number of ether oxygens (including phenoxy) is 1. The molecule has 0 fully saturated rings. The maximum atomic E-state index is 13.4. The van der Waals surface area contributed by atoms with E-state index >= 15 is 0 Å². The molecular weight excluding hydrogens is 321 g/mol. The molecule has 2 aromatic rings. The molecule has 0 saturated heterocycles. The van der Waals surface area contributed by atoms with Gasteiger partial charge in [-0.05, 0) is 58.6 Å². The fourth-order valence-corrected chi connectivity index (χ4v) is 2.06. The summed E-state index contributed by atoms with van der Waals surface area (Å²) in [6.45, 7) is 2.07. The summed E-state index contributed by atoms with van der Waals surface area (Å²) in [5, 5.41) is 0. The summed E-state index contributed by atoms with van der Waals surface area (Å²) in [6.07, 6.45) is 1.81. The van der Waals surface area contributed by atoms with E-state index in [4.69, 9.17) is 10.5 Å². The lowest BCUT2D eigenvalue weighted by molar-refractivity contribution is 0.476. The van der Waals surface area contributed by atoms with Crippen LogP contribution in [-0.2, 0) is 6.42 Å². The Morgan fingerprint density at radius 3 is 2.40 bits per heavy atom. The lowest BCUT2D eigenvalue weighted by atomic mass is 10.0. The second-order valence-electron chi connectivity index (χ2n) is 4.69. The van der Waals surface area contributed by atoms with E-state index in [0.717, 1.165) is 12.8 Å². The van der Waals surface area contributed by atoms with Crippen molar-refractivity contribution in [3.63, 3.8) is 0 Å². The van der Waals surface area contributed by atoms with Gasteiger partial charge in [0.2, 0.25) is 0 Å². The van der Waals surface area contributed by atoms with Gasteiger partial charge in [-0.2, -0.15) is 0 Å². The standard InChI is InChI=1S/C16H17BrFNO/c1-2-12(19)9-11-3-5-13(6-4-11)20-14-7-8-15(17)16(18)10-14/h3-8,10,12H,2,9,19H2,1H3. The number of nitrogens with two attached hydrogens (primary N) is 1. The van der Waals surface area contributed by atoms with Crippen LogP contribution in [0.5, 0.6) is 11.5 Å². The normalized spacial score (nSPS) is 12.2. The molecule has 106 valence electrons. The molecule has 0 heterocycles. The van der Waals surface area contributed by atoms with Gasteiger partial charge in [-0.25, -0.2) is 4.39 Å². The highest BCUT2D eigenvalue weighted by Gasteiger charge is 2.04. The van der Waals surface area contributed by atoms with E-state index in [1.165, 1.54) is 11.6 Å². The zero-order chi connectivity index (χ0) is 14.5. The van der Waals surface area contributed by atoms with Crippen molar-refractivity contribution in [3.8, 4) is 11.5 Å². The third-order valence-electron chi connectivity index (χ3n) is 3.07. The quantitative estimate of drug-likeness (QED) is 0.861. The van der Waals surface area contributed by atoms with Gasteiger partial charge in [-0.1, -0.05) is 19.1 Å². The smallest absolute Gasteiger partial charge is 0.141 e. The Morgan fingerprint density at radius 1 is 1.15 bits per heavy atom. The Bertz CT molecular complexity index is 571. The third-order valence-corrected chi connectivity index (χ3v) is 3.72. The maximum absolute atomic E-state index is 13.4. The van der Waals surface area contributed by atoms with Gasteiger partial charge in [0, 0.05) is 12.1 Å². The van der Waals surface area contributed by atoms with Gasteiger partial charge >= 0.3 is 0 Å². The Kier molecular flexibility index (Phi) is 5.15. The van der Waals surface area contributed by atoms with Crippen LogP contribution in [0.15, 0.2) is 46.9 Å². The predicted molar refractivity (Wildman–Crippen MR) is 82.6 cm³/mol. The van der Waals surface area contributed by atoms with Crippen molar-refractivity contribution in [2.75, 3.05) is 0 Å². The number of hydrogen-bond acceptors (Lipinski definition) is 2. The van der Waals surface area contributed by atoms with Crippen LogP contribution in [0.25, 0.3) is 0 Å². The average molecular weight is 338 g/mol. The number of halogens is 2. The lowest BCUT2D eigenvalue weighted by Gasteiger charge is -2.10. The van der Waals surface area contributed by atoms with Crippen LogP contribution in [0.4, 0.5) is 4.39 Å². The summed E-state index contributed by atoms with van der Waals surface area (Å²) < 4.78 is 19.4. The minimum atomic E-state index is -0.340. The molecule has 2 nitrogen and oxygen atoms in total. The van der Waals surface area contributed by atoms with Gasteiger partial charge in [0.25, 0.3) is 0 Å². The zero-order valence-corrected chi connectivity index (χ0v) is 12.9. The SMILES string of the molecule is CCC(N)Cc1ccc(Oc2ccc(Br)c(F)c2)cc1. The topological polar surface area (TPSA) is 35.2 Å². The third kappa shape index (κ3) is 4.05. The molecule has 2 N–H and O–H groups in total. The molecule has 0 bridgehead atoms. The van der Waals surface area contributed by atoms with E-state index in [0.29, 0.717) is 16.0 Å². The summed E-state index contributed by atoms with van der Waals surface area (Å²) in [4.78, 5) is 0. The van der Waals surface area contributed by atoms with E-state index in [-0.39, 0.29) is 11.9 Å². The maximum Gasteiger partial charge on any atom is 0.141 e. The largest absolute Gasteiger partial charge is 0.457 e. The van der Waals surface area contributed by atoms with Crippen molar-refractivity contribution < 1.29 is 9.13 Å². The predicted octanol–water partition coefficient (Wildman–Crippen LogP) is 4.66. The molecule has 1 unspecified atom stereocenters. The molecule has 0 radical (unpaired) electrons. The van der Waals surface area contributed by atoms with Crippen LogP contribution >= 0.6 is 15.9 Å². The number of hydrogen-bond donors (Lipinski definition) is 1. The summed E-state index contributed by atoms with van der Waals surface area (Å²) in [5.41, 5.74) is 7.09.